The topological polar surface area (TPSA) is 111 Å². The van der Waals surface area contributed by atoms with Gasteiger partial charge in [0, 0.05) is 22.8 Å². The number of hydrogen-bond acceptors (Lipinski definition) is 5. The van der Waals surface area contributed by atoms with Crippen molar-refractivity contribution < 1.29 is 19.2 Å². The summed E-state index contributed by atoms with van der Waals surface area (Å²) in [6.07, 6.45) is 1.30. The molecule has 3 rings (SSSR count). The summed E-state index contributed by atoms with van der Waals surface area (Å²) in [5.41, 5.74) is 0.340. The number of nitrogens with one attached hydrogen (secondary N) is 2. The average molecular weight is 521 g/mol. The molecule has 0 bridgehead atoms. The number of amides is 2. The summed E-state index contributed by atoms with van der Waals surface area (Å²) in [5, 5.41) is 17.1. The number of carbonyl (C=O) groups excluding carboxylic acids is 2. The van der Waals surface area contributed by atoms with E-state index in [1.54, 1.807) is 12.1 Å². The molecule has 0 saturated heterocycles. The van der Waals surface area contributed by atoms with Crippen LogP contribution in [-0.4, -0.2) is 23.8 Å². The SMILES string of the molecule is COc1ccc(Cl)cc1C(=O)NC(=Cc1cccc([N+](=O)[O-])c1)C(=O)Nc1ccc(Cl)c(Cl)c1. The van der Waals surface area contributed by atoms with Crippen molar-refractivity contribution in [2.45, 2.75) is 0 Å². The van der Waals surface area contributed by atoms with Crippen molar-refractivity contribution >= 4 is 64.1 Å². The second kappa shape index (κ2) is 11.0. The highest BCUT2D eigenvalue weighted by Gasteiger charge is 2.19. The number of non-ortho nitro benzene ring substituents is 1. The van der Waals surface area contributed by atoms with Crippen molar-refractivity contribution in [3.05, 3.63) is 103 Å². The molecule has 0 spiro atoms. The highest BCUT2D eigenvalue weighted by Crippen LogP contribution is 2.26. The van der Waals surface area contributed by atoms with E-state index in [0.29, 0.717) is 16.3 Å². The average Bonchev–Trinajstić information content (AvgIpc) is 2.81. The zero-order valence-electron chi connectivity index (χ0n) is 17.5. The number of ether oxygens (including phenoxy) is 1. The van der Waals surface area contributed by atoms with Crippen molar-refractivity contribution in [1.82, 2.24) is 5.32 Å². The Hall–Kier alpha value is -3.59. The van der Waals surface area contributed by atoms with Gasteiger partial charge in [0.25, 0.3) is 17.5 Å². The Morgan fingerprint density at radius 1 is 1.00 bits per heavy atom. The molecule has 2 amide bonds. The molecule has 3 aromatic carbocycles. The largest absolute Gasteiger partial charge is 0.496 e. The van der Waals surface area contributed by atoms with Crippen LogP contribution in [0.25, 0.3) is 6.08 Å². The first-order valence-corrected chi connectivity index (χ1v) is 10.7. The second-order valence-electron chi connectivity index (χ2n) is 6.79. The lowest BCUT2D eigenvalue weighted by atomic mass is 10.1. The number of nitro groups is 1. The van der Waals surface area contributed by atoms with Gasteiger partial charge in [-0.05, 0) is 48.0 Å². The maximum absolute atomic E-state index is 13.1. The summed E-state index contributed by atoms with van der Waals surface area (Å²) in [5.74, 6) is -1.15. The molecule has 0 aliphatic rings. The van der Waals surface area contributed by atoms with Crippen molar-refractivity contribution in [2.75, 3.05) is 12.4 Å². The molecule has 0 aromatic heterocycles. The molecule has 8 nitrogen and oxygen atoms in total. The second-order valence-corrected chi connectivity index (χ2v) is 8.04. The number of rotatable bonds is 7. The van der Waals surface area contributed by atoms with Gasteiger partial charge in [-0.1, -0.05) is 46.9 Å². The molecular formula is C23H16Cl3N3O5. The minimum absolute atomic E-state index is 0.0854. The number of nitrogens with zero attached hydrogens (tertiary/aromatic N) is 1. The maximum Gasteiger partial charge on any atom is 0.272 e. The van der Waals surface area contributed by atoms with Crippen LogP contribution in [0.5, 0.6) is 5.75 Å². The van der Waals surface area contributed by atoms with Crippen molar-refractivity contribution in [2.24, 2.45) is 0 Å². The van der Waals surface area contributed by atoms with E-state index in [-0.39, 0.29) is 32.7 Å². The first kappa shape index (κ1) is 25.0. The quantitative estimate of drug-likeness (QED) is 0.226. The van der Waals surface area contributed by atoms with Gasteiger partial charge in [0.05, 0.1) is 27.6 Å². The lowest BCUT2D eigenvalue weighted by molar-refractivity contribution is -0.384. The molecule has 0 radical (unpaired) electrons. The normalized spacial score (nSPS) is 11.0. The fourth-order valence-electron chi connectivity index (χ4n) is 2.87. The fraction of sp³-hybridized carbons (Fsp3) is 0.0435. The third-order valence-electron chi connectivity index (χ3n) is 4.47. The zero-order chi connectivity index (χ0) is 24.8. The Balaban J connectivity index is 1.99. The highest BCUT2D eigenvalue weighted by atomic mass is 35.5. The van der Waals surface area contributed by atoms with Crippen molar-refractivity contribution in [3.8, 4) is 5.75 Å². The van der Waals surface area contributed by atoms with Crippen LogP contribution >= 0.6 is 34.8 Å². The molecule has 0 aliphatic carbocycles. The van der Waals surface area contributed by atoms with Gasteiger partial charge in [0.2, 0.25) is 0 Å². The van der Waals surface area contributed by atoms with E-state index >= 15 is 0 Å². The summed E-state index contributed by atoms with van der Waals surface area (Å²) >= 11 is 17.9. The number of benzene rings is 3. The van der Waals surface area contributed by atoms with E-state index < -0.39 is 16.7 Å². The monoisotopic (exact) mass is 519 g/mol. The van der Waals surface area contributed by atoms with Crippen LogP contribution in [0.2, 0.25) is 15.1 Å². The van der Waals surface area contributed by atoms with Crippen LogP contribution in [0.3, 0.4) is 0 Å². The number of nitro benzene ring substituents is 1. The fourth-order valence-corrected chi connectivity index (χ4v) is 3.34. The Labute approximate surface area is 209 Å². The maximum atomic E-state index is 13.1. The predicted octanol–water partition coefficient (Wildman–Crippen LogP) is 5.97. The standard InChI is InChI=1S/C23H16Cl3N3O5/c1-34-21-8-5-14(24)11-17(21)22(30)28-20(10-13-3-2-4-16(9-13)29(32)33)23(31)27-15-6-7-18(25)19(26)12-15/h2-12H,1H3,(H,27,31)(H,28,30). The molecule has 11 heteroatoms. The highest BCUT2D eigenvalue weighted by molar-refractivity contribution is 6.42. The lowest BCUT2D eigenvalue weighted by Gasteiger charge is -2.13. The number of anilines is 1. The van der Waals surface area contributed by atoms with Crippen LogP contribution in [-0.2, 0) is 4.79 Å². The number of carbonyl (C=O) groups is 2. The molecule has 2 N–H and O–H groups in total. The van der Waals surface area contributed by atoms with E-state index in [0.717, 1.165) is 0 Å². The van der Waals surface area contributed by atoms with Crippen LogP contribution < -0.4 is 15.4 Å². The van der Waals surface area contributed by atoms with Gasteiger partial charge in [-0.25, -0.2) is 0 Å². The first-order chi connectivity index (χ1) is 16.2. The van der Waals surface area contributed by atoms with E-state index in [9.17, 15) is 19.7 Å². The number of halogens is 3. The Morgan fingerprint density at radius 2 is 1.76 bits per heavy atom. The van der Waals surface area contributed by atoms with Crippen LogP contribution in [0, 0.1) is 10.1 Å². The van der Waals surface area contributed by atoms with E-state index in [4.69, 9.17) is 39.5 Å². The summed E-state index contributed by atoms with van der Waals surface area (Å²) in [4.78, 5) is 36.6. The minimum Gasteiger partial charge on any atom is -0.496 e. The Morgan fingerprint density at radius 3 is 2.44 bits per heavy atom. The molecule has 0 unspecified atom stereocenters. The summed E-state index contributed by atoms with van der Waals surface area (Å²) in [6, 6.07) is 14.5. The summed E-state index contributed by atoms with van der Waals surface area (Å²) in [6.45, 7) is 0. The number of hydrogen-bond donors (Lipinski definition) is 2. The van der Waals surface area contributed by atoms with Gasteiger partial charge in [0.1, 0.15) is 11.4 Å². The molecule has 34 heavy (non-hydrogen) atoms. The molecular weight excluding hydrogens is 505 g/mol. The van der Waals surface area contributed by atoms with E-state index in [2.05, 4.69) is 10.6 Å². The summed E-state index contributed by atoms with van der Waals surface area (Å²) in [7, 11) is 1.39. The molecule has 0 fully saturated rings. The molecule has 0 aliphatic heterocycles. The van der Waals surface area contributed by atoms with Gasteiger partial charge in [-0.2, -0.15) is 0 Å². The Kier molecular flexibility index (Phi) is 8.12. The first-order valence-electron chi connectivity index (χ1n) is 9.55. The van der Waals surface area contributed by atoms with E-state index in [1.165, 1.54) is 61.7 Å². The molecule has 0 atom stereocenters. The van der Waals surface area contributed by atoms with Gasteiger partial charge >= 0.3 is 0 Å². The van der Waals surface area contributed by atoms with Gasteiger partial charge in [0.15, 0.2) is 0 Å². The molecule has 0 heterocycles. The molecule has 0 saturated carbocycles. The van der Waals surface area contributed by atoms with Crippen molar-refractivity contribution in [3.63, 3.8) is 0 Å². The van der Waals surface area contributed by atoms with Crippen molar-refractivity contribution in [1.29, 1.82) is 0 Å². The molecule has 3 aromatic rings. The van der Waals surface area contributed by atoms with Crippen LogP contribution in [0.4, 0.5) is 11.4 Å². The van der Waals surface area contributed by atoms with Gasteiger partial charge in [-0.3, -0.25) is 19.7 Å². The predicted molar refractivity (Wildman–Crippen MR) is 132 cm³/mol. The van der Waals surface area contributed by atoms with Gasteiger partial charge in [-0.15, -0.1) is 0 Å². The Bertz CT molecular complexity index is 1310. The van der Waals surface area contributed by atoms with Gasteiger partial charge < -0.3 is 15.4 Å². The van der Waals surface area contributed by atoms with E-state index in [1.807, 2.05) is 0 Å². The summed E-state index contributed by atoms with van der Waals surface area (Å²) < 4.78 is 5.20. The van der Waals surface area contributed by atoms with Crippen LogP contribution in [0.1, 0.15) is 15.9 Å². The number of methoxy groups -OCH3 is 1. The van der Waals surface area contributed by atoms with Crippen LogP contribution in [0.15, 0.2) is 66.4 Å². The lowest BCUT2D eigenvalue weighted by Crippen LogP contribution is -2.31. The zero-order valence-corrected chi connectivity index (χ0v) is 19.7. The third-order valence-corrected chi connectivity index (χ3v) is 5.44. The molecule has 174 valence electrons. The smallest absolute Gasteiger partial charge is 0.272 e. The third kappa shape index (κ3) is 6.26. The minimum atomic E-state index is -0.709.